The maximum absolute atomic E-state index is 5.24. The van der Waals surface area contributed by atoms with Gasteiger partial charge >= 0.3 is 0 Å². The van der Waals surface area contributed by atoms with E-state index in [-0.39, 0.29) is 0 Å². The van der Waals surface area contributed by atoms with Crippen molar-refractivity contribution in [1.29, 1.82) is 0 Å². The van der Waals surface area contributed by atoms with E-state index in [0.29, 0.717) is 0 Å². The van der Waals surface area contributed by atoms with Gasteiger partial charge < -0.3 is 4.74 Å². The minimum atomic E-state index is 0.737. The Balaban J connectivity index is 2.21. The predicted octanol–water partition coefficient (Wildman–Crippen LogP) is 1.35. The first-order valence-corrected chi connectivity index (χ1v) is 5.28. The summed E-state index contributed by atoms with van der Waals surface area (Å²) >= 11 is 0. The van der Waals surface area contributed by atoms with Gasteiger partial charge in [-0.25, -0.2) is 0 Å². The zero-order valence-corrected chi connectivity index (χ0v) is 9.12. The number of aromatic amines is 1. The zero-order chi connectivity index (χ0) is 10.7. The molecule has 1 aliphatic heterocycles. The summed E-state index contributed by atoms with van der Waals surface area (Å²) in [5.41, 5.74) is 2.43. The van der Waals surface area contributed by atoms with Crippen LogP contribution in [0.4, 0.5) is 0 Å². The molecule has 1 aliphatic rings. The lowest BCUT2D eigenvalue weighted by molar-refractivity contribution is 0.292. The Labute approximate surface area is 89.9 Å². The van der Waals surface area contributed by atoms with Crippen molar-refractivity contribution in [2.45, 2.75) is 19.4 Å². The van der Waals surface area contributed by atoms with E-state index in [1.807, 2.05) is 6.08 Å². The summed E-state index contributed by atoms with van der Waals surface area (Å²) in [6.07, 6.45) is 4.16. The number of aryl methyl sites for hydroxylation is 1. The molecule has 0 aromatic carbocycles. The molecule has 0 radical (unpaired) electrons. The van der Waals surface area contributed by atoms with Crippen LogP contribution in [0.1, 0.15) is 17.7 Å². The van der Waals surface area contributed by atoms with Crippen molar-refractivity contribution in [3.63, 3.8) is 0 Å². The average Bonchev–Trinajstić information content (AvgIpc) is 2.51. The summed E-state index contributed by atoms with van der Waals surface area (Å²) in [6.45, 7) is 6.71. The van der Waals surface area contributed by atoms with Crippen LogP contribution in [0.25, 0.3) is 0 Å². The van der Waals surface area contributed by atoms with Crippen LogP contribution in [0.5, 0.6) is 5.88 Å². The van der Waals surface area contributed by atoms with Crippen LogP contribution in [-0.2, 0) is 13.0 Å². The molecule has 0 bridgehead atoms. The summed E-state index contributed by atoms with van der Waals surface area (Å²) in [4.78, 5) is 2.36. The number of nitrogens with one attached hydrogen (secondary N) is 1. The fraction of sp³-hybridized carbons (Fsp3) is 0.545. The zero-order valence-electron chi connectivity index (χ0n) is 9.12. The van der Waals surface area contributed by atoms with Crippen LogP contribution in [0.15, 0.2) is 12.7 Å². The van der Waals surface area contributed by atoms with Gasteiger partial charge in [-0.1, -0.05) is 6.08 Å². The summed E-state index contributed by atoms with van der Waals surface area (Å²) in [5.74, 6) is 0.737. The lowest BCUT2D eigenvalue weighted by Crippen LogP contribution is -2.23. The number of aromatic nitrogens is 2. The lowest BCUT2D eigenvalue weighted by atomic mass is 10.2. The van der Waals surface area contributed by atoms with Crippen LogP contribution in [-0.4, -0.2) is 35.3 Å². The lowest BCUT2D eigenvalue weighted by Gasteiger charge is -2.17. The Morgan fingerprint density at radius 1 is 1.67 bits per heavy atom. The monoisotopic (exact) mass is 207 g/mol. The second kappa shape index (κ2) is 4.49. The highest BCUT2D eigenvalue weighted by Crippen LogP contribution is 2.24. The number of fused-ring (bicyclic) bond motifs is 1. The molecule has 4 heteroatoms. The molecule has 1 aromatic rings. The van der Waals surface area contributed by atoms with E-state index in [9.17, 15) is 0 Å². The SMILES string of the molecule is C=CCN1CCCc2[nH]nc(OC)c2C1. The summed E-state index contributed by atoms with van der Waals surface area (Å²) in [5, 5.41) is 7.21. The fourth-order valence-electron chi connectivity index (χ4n) is 2.04. The number of hydrogen-bond donors (Lipinski definition) is 1. The van der Waals surface area contributed by atoms with E-state index < -0.39 is 0 Å². The van der Waals surface area contributed by atoms with Gasteiger partial charge in [-0.3, -0.25) is 10.00 Å². The van der Waals surface area contributed by atoms with E-state index in [2.05, 4.69) is 21.7 Å². The van der Waals surface area contributed by atoms with E-state index in [0.717, 1.165) is 38.4 Å². The number of nitrogens with zero attached hydrogens (tertiary/aromatic N) is 2. The molecule has 0 amide bonds. The molecule has 2 rings (SSSR count). The molecule has 0 unspecified atom stereocenters. The quantitative estimate of drug-likeness (QED) is 0.761. The molecule has 0 saturated carbocycles. The van der Waals surface area contributed by atoms with Crippen LogP contribution < -0.4 is 4.74 Å². The van der Waals surface area contributed by atoms with Crippen LogP contribution in [0, 0.1) is 0 Å². The van der Waals surface area contributed by atoms with Crippen molar-refractivity contribution in [3.8, 4) is 5.88 Å². The third-order valence-corrected chi connectivity index (χ3v) is 2.78. The molecule has 0 atom stereocenters. The molecule has 82 valence electrons. The van der Waals surface area contributed by atoms with Crippen molar-refractivity contribution in [3.05, 3.63) is 23.9 Å². The molecule has 0 aliphatic carbocycles. The average molecular weight is 207 g/mol. The van der Waals surface area contributed by atoms with Crippen molar-refractivity contribution >= 4 is 0 Å². The minimum Gasteiger partial charge on any atom is -0.480 e. The summed E-state index contributed by atoms with van der Waals surface area (Å²) in [7, 11) is 1.67. The van der Waals surface area contributed by atoms with Gasteiger partial charge in [0.2, 0.25) is 5.88 Å². The molecule has 2 heterocycles. The largest absolute Gasteiger partial charge is 0.480 e. The molecule has 15 heavy (non-hydrogen) atoms. The molecule has 0 saturated heterocycles. The van der Waals surface area contributed by atoms with Crippen molar-refractivity contribution < 1.29 is 4.74 Å². The predicted molar refractivity (Wildman–Crippen MR) is 58.9 cm³/mol. The second-order valence-electron chi connectivity index (χ2n) is 3.82. The smallest absolute Gasteiger partial charge is 0.237 e. The van der Waals surface area contributed by atoms with Gasteiger partial charge in [-0.2, -0.15) is 0 Å². The van der Waals surface area contributed by atoms with E-state index in [4.69, 9.17) is 4.74 Å². The van der Waals surface area contributed by atoms with E-state index >= 15 is 0 Å². The highest BCUT2D eigenvalue weighted by Gasteiger charge is 2.19. The van der Waals surface area contributed by atoms with Gasteiger partial charge in [-0.15, -0.1) is 11.7 Å². The third kappa shape index (κ3) is 2.04. The number of rotatable bonds is 3. The molecule has 4 nitrogen and oxygen atoms in total. The highest BCUT2D eigenvalue weighted by atomic mass is 16.5. The summed E-state index contributed by atoms with van der Waals surface area (Å²) in [6, 6.07) is 0. The molecule has 1 N–H and O–H groups in total. The number of methoxy groups -OCH3 is 1. The first kappa shape index (κ1) is 10.2. The Morgan fingerprint density at radius 2 is 2.53 bits per heavy atom. The third-order valence-electron chi connectivity index (χ3n) is 2.78. The van der Waals surface area contributed by atoms with Crippen LogP contribution >= 0.6 is 0 Å². The maximum atomic E-state index is 5.24. The minimum absolute atomic E-state index is 0.737. The van der Waals surface area contributed by atoms with Gasteiger partial charge in [-0.05, 0) is 19.4 Å². The Morgan fingerprint density at radius 3 is 3.27 bits per heavy atom. The van der Waals surface area contributed by atoms with Gasteiger partial charge in [0.05, 0.1) is 12.7 Å². The van der Waals surface area contributed by atoms with Gasteiger partial charge in [0.25, 0.3) is 0 Å². The first-order valence-electron chi connectivity index (χ1n) is 5.28. The highest BCUT2D eigenvalue weighted by molar-refractivity contribution is 5.31. The topological polar surface area (TPSA) is 41.2 Å². The van der Waals surface area contributed by atoms with E-state index in [1.165, 1.54) is 11.3 Å². The second-order valence-corrected chi connectivity index (χ2v) is 3.82. The molecule has 0 fully saturated rings. The normalized spacial score (nSPS) is 16.9. The standard InChI is InChI=1S/C11H17N3O/c1-3-6-14-7-4-5-10-9(8-14)11(15-2)13-12-10/h3H,1,4-8H2,2H3,(H,12,13). The molecular weight excluding hydrogens is 190 g/mol. The van der Waals surface area contributed by atoms with Gasteiger partial charge in [0.1, 0.15) is 0 Å². The first-order chi connectivity index (χ1) is 7.35. The van der Waals surface area contributed by atoms with Gasteiger partial charge in [0, 0.05) is 18.8 Å². The van der Waals surface area contributed by atoms with Gasteiger partial charge in [0.15, 0.2) is 0 Å². The van der Waals surface area contributed by atoms with Crippen LogP contribution in [0.2, 0.25) is 0 Å². The molecular formula is C11H17N3O. The van der Waals surface area contributed by atoms with E-state index in [1.54, 1.807) is 7.11 Å². The number of hydrogen-bond acceptors (Lipinski definition) is 3. The Hall–Kier alpha value is -1.29. The Bertz CT molecular complexity index is 346. The maximum Gasteiger partial charge on any atom is 0.237 e. The Kier molecular flexibility index (Phi) is 3.06. The van der Waals surface area contributed by atoms with Crippen molar-refractivity contribution in [2.75, 3.05) is 20.2 Å². The summed E-state index contributed by atoms with van der Waals surface area (Å²) < 4.78 is 5.24. The fourth-order valence-corrected chi connectivity index (χ4v) is 2.04. The van der Waals surface area contributed by atoms with Crippen molar-refractivity contribution in [1.82, 2.24) is 15.1 Å². The molecule has 1 aromatic heterocycles. The number of ether oxygens (including phenoxy) is 1. The molecule has 0 spiro atoms. The van der Waals surface area contributed by atoms with Crippen molar-refractivity contribution in [2.24, 2.45) is 0 Å². The van der Waals surface area contributed by atoms with Crippen LogP contribution in [0.3, 0.4) is 0 Å². The number of H-pyrrole nitrogens is 1.